The van der Waals surface area contributed by atoms with Gasteiger partial charge in [-0.25, -0.2) is 4.98 Å². The van der Waals surface area contributed by atoms with Crippen LogP contribution in [0.15, 0.2) is 23.0 Å². The molecule has 4 heteroatoms. The maximum absolute atomic E-state index is 11.4. The van der Waals surface area contributed by atoms with Gasteiger partial charge < -0.3 is 5.73 Å². The molecule has 88 valence electrons. The molecule has 2 rings (SSSR count). The lowest BCUT2D eigenvalue weighted by atomic mass is 9.97. The van der Waals surface area contributed by atoms with Crippen molar-refractivity contribution in [3.8, 4) is 11.3 Å². The first-order valence-corrected chi connectivity index (χ1v) is 5.42. The average Bonchev–Trinajstić information content (AvgIpc) is 2.13. The Balaban J connectivity index is 2.72. The van der Waals surface area contributed by atoms with Crippen molar-refractivity contribution < 1.29 is 0 Å². The molecule has 0 spiro atoms. The van der Waals surface area contributed by atoms with Gasteiger partial charge in [-0.05, 0) is 31.9 Å². The molecule has 0 radical (unpaired) electrons. The van der Waals surface area contributed by atoms with E-state index in [0.29, 0.717) is 5.69 Å². The minimum atomic E-state index is -0.230. The number of benzene rings is 1. The molecule has 0 atom stereocenters. The van der Waals surface area contributed by atoms with Gasteiger partial charge in [-0.15, -0.1) is 0 Å². The van der Waals surface area contributed by atoms with Gasteiger partial charge in [0.25, 0.3) is 5.56 Å². The molecule has 0 bridgehead atoms. The van der Waals surface area contributed by atoms with Crippen LogP contribution in [0.1, 0.15) is 16.7 Å². The highest BCUT2D eigenvalue weighted by Crippen LogP contribution is 2.26. The first kappa shape index (κ1) is 11.4. The third kappa shape index (κ3) is 2.20. The summed E-state index contributed by atoms with van der Waals surface area (Å²) in [6, 6.07) is 5.61. The summed E-state index contributed by atoms with van der Waals surface area (Å²) >= 11 is 0. The van der Waals surface area contributed by atoms with Crippen molar-refractivity contribution in [2.24, 2.45) is 0 Å². The lowest BCUT2D eigenvalue weighted by Crippen LogP contribution is -2.11. The van der Waals surface area contributed by atoms with E-state index in [1.807, 2.05) is 20.8 Å². The Labute approximate surface area is 99.5 Å². The van der Waals surface area contributed by atoms with E-state index in [-0.39, 0.29) is 11.5 Å². The molecule has 1 aromatic heterocycles. The molecule has 3 N–H and O–H groups in total. The van der Waals surface area contributed by atoms with E-state index in [4.69, 9.17) is 5.73 Å². The lowest BCUT2D eigenvalue weighted by molar-refractivity contribution is 1.13. The number of hydrogen-bond donors (Lipinski definition) is 2. The van der Waals surface area contributed by atoms with Gasteiger partial charge >= 0.3 is 0 Å². The van der Waals surface area contributed by atoms with Crippen LogP contribution >= 0.6 is 0 Å². The van der Waals surface area contributed by atoms with E-state index in [2.05, 4.69) is 22.1 Å². The van der Waals surface area contributed by atoms with Crippen LogP contribution in [0, 0.1) is 20.8 Å². The van der Waals surface area contributed by atoms with Gasteiger partial charge in [-0.3, -0.25) is 9.78 Å². The minimum Gasteiger partial charge on any atom is -0.369 e. The molecule has 0 saturated heterocycles. The summed E-state index contributed by atoms with van der Waals surface area (Å²) in [5.41, 5.74) is 10.3. The Kier molecular flexibility index (Phi) is 2.71. The molecule has 0 amide bonds. The van der Waals surface area contributed by atoms with Crippen LogP contribution in [0.4, 0.5) is 5.95 Å². The molecule has 2 aromatic rings. The van der Waals surface area contributed by atoms with Crippen LogP contribution in [0.2, 0.25) is 0 Å². The third-order valence-electron chi connectivity index (χ3n) is 2.69. The second-order valence-corrected chi connectivity index (χ2v) is 4.29. The highest BCUT2D eigenvalue weighted by Gasteiger charge is 2.09. The summed E-state index contributed by atoms with van der Waals surface area (Å²) in [6.07, 6.45) is 0. The summed E-state index contributed by atoms with van der Waals surface area (Å²) < 4.78 is 0. The number of nitrogens with one attached hydrogen (secondary N) is 1. The van der Waals surface area contributed by atoms with Gasteiger partial charge in [0.2, 0.25) is 5.95 Å². The van der Waals surface area contributed by atoms with Crippen LogP contribution in [0.3, 0.4) is 0 Å². The Morgan fingerprint density at radius 2 is 1.71 bits per heavy atom. The van der Waals surface area contributed by atoms with Crippen molar-refractivity contribution in [1.29, 1.82) is 0 Å². The van der Waals surface area contributed by atoms with E-state index < -0.39 is 0 Å². The van der Waals surface area contributed by atoms with Gasteiger partial charge in [0, 0.05) is 11.6 Å². The van der Waals surface area contributed by atoms with Gasteiger partial charge in [-0.2, -0.15) is 0 Å². The quantitative estimate of drug-likeness (QED) is 0.785. The van der Waals surface area contributed by atoms with E-state index in [1.165, 1.54) is 11.6 Å². The Bertz CT molecular complexity index is 606. The number of H-pyrrole nitrogens is 1. The second kappa shape index (κ2) is 4.05. The molecule has 1 aromatic carbocycles. The molecule has 0 aliphatic heterocycles. The predicted molar refractivity (Wildman–Crippen MR) is 68.9 cm³/mol. The summed E-state index contributed by atoms with van der Waals surface area (Å²) in [4.78, 5) is 18.0. The maximum atomic E-state index is 11.4. The zero-order valence-corrected chi connectivity index (χ0v) is 10.2. The molecule has 0 unspecified atom stereocenters. The van der Waals surface area contributed by atoms with Gasteiger partial charge in [-0.1, -0.05) is 17.7 Å². The molecular formula is C13H15N3O. The fourth-order valence-electron chi connectivity index (χ4n) is 2.19. The summed E-state index contributed by atoms with van der Waals surface area (Å²) in [5.74, 6) is 0.145. The number of aromatic amines is 1. The van der Waals surface area contributed by atoms with Crippen LogP contribution in [0.25, 0.3) is 11.3 Å². The molecule has 17 heavy (non-hydrogen) atoms. The second-order valence-electron chi connectivity index (χ2n) is 4.29. The zero-order chi connectivity index (χ0) is 12.6. The van der Waals surface area contributed by atoms with E-state index >= 15 is 0 Å². The summed E-state index contributed by atoms with van der Waals surface area (Å²) in [6.45, 7) is 6.06. The number of nitrogen functional groups attached to an aromatic ring is 1. The number of nitrogens with zero attached hydrogens (tertiary/aromatic N) is 1. The zero-order valence-electron chi connectivity index (χ0n) is 10.2. The lowest BCUT2D eigenvalue weighted by Gasteiger charge is -2.10. The third-order valence-corrected chi connectivity index (χ3v) is 2.69. The molecule has 1 heterocycles. The summed E-state index contributed by atoms with van der Waals surface area (Å²) in [7, 11) is 0. The van der Waals surface area contributed by atoms with Gasteiger partial charge in [0.15, 0.2) is 0 Å². The Hall–Kier alpha value is -2.10. The molecule has 4 nitrogen and oxygen atoms in total. The summed E-state index contributed by atoms with van der Waals surface area (Å²) in [5, 5.41) is 0. The van der Waals surface area contributed by atoms with E-state index in [1.54, 1.807) is 0 Å². The number of anilines is 1. The number of aromatic nitrogens is 2. The van der Waals surface area contributed by atoms with E-state index in [9.17, 15) is 4.79 Å². The topological polar surface area (TPSA) is 71.8 Å². The Morgan fingerprint density at radius 1 is 1.12 bits per heavy atom. The Morgan fingerprint density at radius 3 is 2.24 bits per heavy atom. The van der Waals surface area contributed by atoms with Crippen LogP contribution < -0.4 is 11.3 Å². The highest BCUT2D eigenvalue weighted by atomic mass is 16.1. The monoisotopic (exact) mass is 229 g/mol. The van der Waals surface area contributed by atoms with Crippen LogP contribution in [0.5, 0.6) is 0 Å². The smallest absolute Gasteiger partial charge is 0.252 e. The van der Waals surface area contributed by atoms with Crippen molar-refractivity contribution in [3.63, 3.8) is 0 Å². The molecule has 0 aliphatic rings. The SMILES string of the molecule is Cc1cc(C)c(-c2cc(=O)[nH]c(N)n2)c(C)c1. The number of aryl methyl sites for hydroxylation is 3. The molecule has 0 aliphatic carbocycles. The van der Waals surface area contributed by atoms with Crippen molar-refractivity contribution >= 4 is 5.95 Å². The first-order valence-electron chi connectivity index (χ1n) is 5.42. The average molecular weight is 229 g/mol. The van der Waals surface area contributed by atoms with Gasteiger partial charge in [0.05, 0.1) is 5.69 Å². The standard InChI is InChI=1S/C13H15N3O/c1-7-4-8(2)12(9(3)5-7)10-6-11(17)16-13(14)15-10/h4-6H,1-3H3,(H3,14,15,16,17). The molecule has 0 saturated carbocycles. The van der Waals surface area contributed by atoms with Gasteiger partial charge in [0.1, 0.15) is 0 Å². The largest absolute Gasteiger partial charge is 0.369 e. The number of nitrogens with two attached hydrogens (primary N) is 1. The van der Waals surface area contributed by atoms with E-state index in [0.717, 1.165) is 16.7 Å². The maximum Gasteiger partial charge on any atom is 0.252 e. The van der Waals surface area contributed by atoms with Crippen LogP contribution in [-0.4, -0.2) is 9.97 Å². The molecule has 0 fully saturated rings. The minimum absolute atomic E-state index is 0.145. The van der Waals surface area contributed by atoms with Crippen molar-refractivity contribution in [3.05, 3.63) is 45.2 Å². The van der Waals surface area contributed by atoms with Crippen molar-refractivity contribution in [1.82, 2.24) is 9.97 Å². The normalized spacial score (nSPS) is 10.5. The first-order chi connectivity index (χ1) is 7.97. The fraction of sp³-hybridized carbons (Fsp3) is 0.231. The van der Waals surface area contributed by atoms with Crippen molar-refractivity contribution in [2.45, 2.75) is 20.8 Å². The highest BCUT2D eigenvalue weighted by molar-refractivity contribution is 5.68. The number of hydrogen-bond acceptors (Lipinski definition) is 3. The fourth-order valence-corrected chi connectivity index (χ4v) is 2.19. The number of rotatable bonds is 1. The van der Waals surface area contributed by atoms with Crippen LogP contribution in [-0.2, 0) is 0 Å². The molecular weight excluding hydrogens is 214 g/mol. The van der Waals surface area contributed by atoms with Crippen molar-refractivity contribution in [2.75, 3.05) is 5.73 Å². The predicted octanol–water partition coefficient (Wildman–Crippen LogP) is 1.94.